The third-order valence-electron chi connectivity index (χ3n) is 7.12. The first kappa shape index (κ1) is 19.7. The summed E-state index contributed by atoms with van der Waals surface area (Å²) in [6, 6.07) is 9.42. The van der Waals surface area contributed by atoms with Gasteiger partial charge in [0, 0.05) is 23.1 Å². The fourth-order valence-electron chi connectivity index (χ4n) is 4.89. The number of nitrogens with one attached hydrogen (secondary N) is 1. The Kier molecular flexibility index (Phi) is 4.39. The van der Waals surface area contributed by atoms with Gasteiger partial charge < -0.3 is 24.6 Å². The van der Waals surface area contributed by atoms with E-state index in [-0.39, 0.29) is 11.3 Å². The Bertz CT molecular complexity index is 1080. The standard InChI is InChI=1S/C24H25NO6/c1-29-18-6-5-16(14-3-4-17-15(11-14)12-25-21(17)26)19(20(18)30-2)31-13-23(7-8-23)24(9-10-24)22(27)28/h3-6,11H,7-10,12-13H2,1-2H3,(H,25,26)(H,27,28). The highest BCUT2D eigenvalue weighted by Crippen LogP contribution is 2.70. The number of ether oxygens (including phenoxy) is 3. The van der Waals surface area contributed by atoms with Crippen molar-refractivity contribution in [2.24, 2.45) is 10.8 Å². The fraction of sp³-hybridized carbons (Fsp3) is 0.417. The lowest BCUT2D eigenvalue weighted by Crippen LogP contribution is -2.31. The van der Waals surface area contributed by atoms with Crippen LogP contribution in [0.2, 0.25) is 0 Å². The number of hydrogen-bond donors (Lipinski definition) is 2. The summed E-state index contributed by atoms with van der Waals surface area (Å²) < 4.78 is 17.5. The summed E-state index contributed by atoms with van der Waals surface area (Å²) in [7, 11) is 3.13. The van der Waals surface area contributed by atoms with E-state index < -0.39 is 11.4 Å². The Morgan fingerprint density at radius 3 is 2.39 bits per heavy atom. The molecule has 31 heavy (non-hydrogen) atoms. The van der Waals surface area contributed by atoms with Crippen LogP contribution in [0.3, 0.4) is 0 Å². The molecule has 0 bridgehead atoms. The number of hydrogen-bond acceptors (Lipinski definition) is 5. The van der Waals surface area contributed by atoms with Gasteiger partial charge in [0.2, 0.25) is 5.75 Å². The first-order chi connectivity index (χ1) is 14.9. The number of carboxylic acids is 1. The zero-order valence-electron chi connectivity index (χ0n) is 17.6. The van der Waals surface area contributed by atoms with Crippen LogP contribution in [-0.4, -0.2) is 37.8 Å². The molecule has 7 nitrogen and oxygen atoms in total. The molecule has 0 radical (unpaired) electrons. The molecular weight excluding hydrogens is 398 g/mol. The van der Waals surface area contributed by atoms with Crippen LogP contribution in [0.25, 0.3) is 11.1 Å². The summed E-state index contributed by atoms with van der Waals surface area (Å²) >= 11 is 0. The fourth-order valence-corrected chi connectivity index (χ4v) is 4.89. The zero-order chi connectivity index (χ0) is 21.8. The summed E-state index contributed by atoms with van der Waals surface area (Å²) in [5.41, 5.74) is 2.36. The zero-order valence-corrected chi connectivity index (χ0v) is 17.6. The summed E-state index contributed by atoms with van der Waals surface area (Å²) in [5.74, 6) is 0.771. The van der Waals surface area contributed by atoms with E-state index in [9.17, 15) is 14.7 Å². The first-order valence-electron chi connectivity index (χ1n) is 10.5. The maximum absolute atomic E-state index is 11.9. The molecule has 0 atom stereocenters. The maximum Gasteiger partial charge on any atom is 0.310 e. The lowest BCUT2D eigenvalue weighted by atomic mass is 9.86. The highest BCUT2D eigenvalue weighted by Gasteiger charge is 2.70. The minimum Gasteiger partial charge on any atom is -0.493 e. The van der Waals surface area contributed by atoms with E-state index in [0.29, 0.717) is 48.8 Å². The molecule has 162 valence electrons. The van der Waals surface area contributed by atoms with Crippen LogP contribution in [0.4, 0.5) is 0 Å². The van der Waals surface area contributed by atoms with Crippen molar-refractivity contribution in [2.75, 3.05) is 20.8 Å². The highest BCUT2D eigenvalue weighted by molar-refractivity contribution is 5.99. The normalized spacial score (nSPS) is 19.2. The molecule has 3 aliphatic rings. The van der Waals surface area contributed by atoms with Crippen LogP contribution < -0.4 is 19.5 Å². The van der Waals surface area contributed by atoms with Gasteiger partial charge in [-0.05, 0) is 61.1 Å². The summed E-state index contributed by atoms with van der Waals surface area (Å²) in [6.07, 6.45) is 3.13. The van der Waals surface area contributed by atoms with Gasteiger partial charge >= 0.3 is 5.97 Å². The Morgan fingerprint density at radius 1 is 1.03 bits per heavy atom. The van der Waals surface area contributed by atoms with Crippen molar-refractivity contribution in [2.45, 2.75) is 32.2 Å². The molecule has 1 amide bonds. The Morgan fingerprint density at radius 2 is 1.77 bits per heavy atom. The van der Waals surface area contributed by atoms with E-state index in [2.05, 4.69) is 5.32 Å². The van der Waals surface area contributed by atoms with Gasteiger partial charge in [0.1, 0.15) is 0 Å². The van der Waals surface area contributed by atoms with Gasteiger partial charge in [-0.25, -0.2) is 0 Å². The van der Waals surface area contributed by atoms with Crippen molar-refractivity contribution in [3.63, 3.8) is 0 Å². The topological polar surface area (TPSA) is 94.1 Å². The third-order valence-corrected chi connectivity index (χ3v) is 7.12. The molecule has 7 heteroatoms. The Labute approximate surface area is 180 Å². The van der Waals surface area contributed by atoms with Crippen LogP contribution in [-0.2, 0) is 11.3 Å². The molecule has 5 rings (SSSR count). The number of carbonyl (C=O) groups is 2. The minimum atomic E-state index is -0.720. The van der Waals surface area contributed by atoms with Gasteiger partial charge in [-0.2, -0.15) is 0 Å². The molecule has 1 aliphatic heterocycles. The van der Waals surface area contributed by atoms with Gasteiger partial charge in [-0.15, -0.1) is 0 Å². The molecule has 2 fully saturated rings. The average molecular weight is 423 g/mol. The van der Waals surface area contributed by atoms with E-state index in [1.807, 2.05) is 30.3 Å². The van der Waals surface area contributed by atoms with Crippen molar-refractivity contribution >= 4 is 11.9 Å². The second-order valence-corrected chi connectivity index (χ2v) is 8.69. The third kappa shape index (κ3) is 2.94. The predicted octanol–water partition coefficient (Wildman–Crippen LogP) is 3.64. The second kappa shape index (κ2) is 6.90. The number of amides is 1. The average Bonchev–Trinajstić information content (AvgIpc) is 3.69. The largest absolute Gasteiger partial charge is 0.493 e. The molecule has 1 heterocycles. The van der Waals surface area contributed by atoms with Crippen LogP contribution >= 0.6 is 0 Å². The van der Waals surface area contributed by atoms with Crippen LogP contribution in [0.15, 0.2) is 30.3 Å². The van der Waals surface area contributed by atoms with Crippen molar-refractivity contribution in [1.29, 1.82) is 0 Å². The second-order valence-electron chi connectivity index (χ2n) is 8.69. The molecule has 0 aromatic heterocycles. The van der Waals surface area contributed by atoms with Crippen molar-refractivity contribution in [3.05, 3.63) is 41.5 Å². The molecule has 0 unspecified atom stereocenters. The molecular formula is C24H25NO6. The van der Waals surface area contributed by atoms with Crippen LogP contribution in [0.5, 0.6) is 17.2 Å². The Hall–Kier alpha value is -3.22. The van der Waals surface area contributed by atoms with E-state index in [4.69, 9.17) is 14.2 Å². The van der Waals surface area contributed by atoms with E-state index in [1.54, 1.807) is 14.2 Å². The molecule has 2 aromatic rings. The number of benzene rings is 2. The van der Waals surface area contributed by atoms with Crippen molar-refractivity contribution in [3.8, 4) is 28.4 Å². The number of carbonyl (C=O) groups excluding carboxylic acids is 1. The van der Waals surface area contributed by atoms with Crippen molar-refractivity contribution in [1.82, 2.24) is 5.32 Å². The highest BCUT2D eigenvalue weighted by atomic mass is 16.5. The lowest BCUT2D eigenvalue weighted by Gasteiger charge is -2.25. The molecule has 2 N–H and O–H groups in total. The molecule has 2 aliphatic carbocycles. The smallest absolute Gasteiger partial charge is 0.310 e. The molecule has 2 saturated carbocycles. The molecule has 2 aromatic carbocycles. The summed E-state index contributed by atoms with van der Waals surface area (Å²) in [6.45, 7) is 0.816. The number of carboxylic acid groups (broad SMARTS) is 1. The SMILES string of the molecule is COc1ccc(-c2ccc3c(c2)CNC3=O)c(OCC2(C3(C(=O)O)CC3)CC2)c1OC. The summed E-state index contributed by atoms with van der Waals surface area (Å²) in [5, 5.41) is 12.6. The van der Waals surface area contributed by atoms with Crippen LogP contribution in [0.1, 0.15) is 41.6 Å². The lowest BCUT2D eigenvalue weighted by molar-refractivity contribution is -0.147. The van der Waals surface area contributed by atoms with Gasteiger partial charge in [-0.1, -0.05) is 6.07 Å². The van der Waals surface area contributed by atoms with Crippen LogP contribution in [0, 0.1) is 10.8 Å². The molecule has 0 saturated heterocycles. The van der Waals surface area contributed by atoms with Gasteiger partial charge in [0.25, 0.3) is 5.91 Å². The minimum absolute atomic E-state index is 0.0654. The van der Waals surface area contributed by atoms with E-state index in [1.165, 1.54) is 0 Å². The Balaban J connectivity index is 1.53. The summed E-state index contributed by atoms with van der Waals surface area (Å²) in [4.78, 5) is 23.8. The quantitative estimate of drug-likeness (QED) is 0.673. The number of aliphatic carboxylic acids is 1. The van der Waals surface area contributed by atoms with Gasteiger partial charge in [-0.3, -0.25) is 9.59 Å². The van der Waals surface area contributed by atoms with Gasteiger partial charge in [0.15, 0.2) is 11.5 Å². The van der Waals surface area contributed by atoms with E-state index in [0.717, 1.165) is 29.5 Å². The number of methoxy groups -OCH3 is 2. The molecule has 0 spiro atoms. The number of fused-ring (bicyclic) bond motifs is 1. The number of rotatable bonds is 8. The van der Waals surface area contributed by atoms with Gasteiger partial charge in [0.05, 0.1) is 26.2 Å². The monoisotopic (exact) mass is 423 g/mol. The van der Waals surface area contributed by atoms with E-state index >= 15 is 0 Å². The maximum atomic E-state index is 11.9. The predicted molar refractivity (Wildman–Crippen MR) is 113 cm³/mol. The first-order valence-corrected chi connectivity index (χ1v) is 10.5. The van der Waals surface area contributed by atoms with Crippen molar-refractivity contribution < 1.29 is 28.9 Å².